The molecule has 1 aromatic heterocycles. The summed E-state index contributed by atoms with van der Waals surface area (Å²) in [6.45, 7) is 3.38. The lowest BCUT2D eigenvalue weighted by atomic mass is 9.94. The molecular weight excluding hydrogens is 260 g/mol. The molecular formula is C17H30N4. The van der Waals surface area contributed by atoms with Gasteiger partial charge < -0.3 is 14.8 Å². The molecule has 2 fully saturated rings. The van der Waals surface area contributed by atoms with E-state index in [0.29, 0.717) is 17.6 Å². The molecule has 21 heavy (non-hydrogen) atoms. The van der Waals surface area contributed by atoms with E-state index < -0.39 is 0 Å². The van der Waals surface area contributed by atoms with Crippen LogP contribution in [0.25, 0.3) is 0 Å². The molecule has 2 unspecified atom stereocenters. The van der Waals surface area contributed by atoms with Crippen LogP contribution in [-0.2, 0) is 6.54 Å². The second-order valence-corrected chi connectivity index (χ2v) is 7.32. The Bertz CT molecular complexity index is 459. The molecule has 1 saturated heterocycles. The summed E-state index contributed by atoms with van der Waals surface area (Å²) in [5.41, 5.74) is 1.71. The fourth-order valence-corrected chi connectivity index (χ4v) is 4.22. The van der Waals surface area contributed by atoms with E-state index in [1.807, 2.05) is 6.33 Å². The van der Waals surface area contributed by atoms with Crippen molar-refractivity contribution in [2.45, 2.75) is 76.0 Å². The van der Waals surface area contributed by atoms with E-state index in [4.69, 9.17) is 0 Å². The molecule has 0 radical (unpaired) electrons. The van der Waals surface area contributed by atoms with E-state index in [1.54, 1.807) is 0 Å². The Kier molecular flexibility index (Phi) is 4.36. The van der Waals surface area contributed by atoms with E-state index in [9.17, 15) is 0 Å². The quantitative estimate of drug-likeness (QED) is 0.925. The predicted octanol–water partition coefficient (Wildman–Crippen LogP) is 2.96. The minimum Gasteiger partial charge on any atom is -0.331 e. The van der Waals surface area contributed by atoms with E-state index in [1.165, 1.54) is 50.6 Å². The number of rotatable bonds is 4. The van der Waals surface area contributed by atoms with Gasteiger partial charge in [-0.15, -0.1) is 0 Å². The Morgan fingerprint density at radius 3 is 2.71 bits per heavy atom. The van der Waals surface area contributed by atoms with Crippen molar-refractivity contribution < 1.29 is 0 Å². The molecule has 2 heterocycles. The SMILES string of the molecule is CC1CCCC(c2cncn2CC2(N(C)C)CCCC2)N1. The third-order valence-corrected chi connectivity index (χ3v) is 5.66. The Hall–Kier alpha value is -0.870. The number of imidazole rings is 1. The normalized spacial score (nSPS) is 29.1. The maximum Gasteiger partial charge on any atom is 0.0949 e. The van der Waals surface area contributed by atoms with Crippen LogP contribution in [0.2, 0.25) is 0 Å². The summed E-state index contributed by atoms with van der Waals surface area (Å²) >= 11 is 0. The predicted molar refractivity (Wildman–Crippen MR) is 86.3 cm³/mol. The van der Waals surface area contributed by atoms with Crippen molar-refractivity contribution in [1.29, 1.82) is 0 Å². The van der Waals surface area contributed by atoms with Crippen LogP contribution in [0.5, 0.6) is 0 Å². The summed E-state index contributed by atoms with van der Waals surface area (Å²) in [5, 5.41) is 3.75. The van der Waals surface area contributed by atoms with Gasteiger partial charge >= 0.3 is 0 Å². The van der Waals surface area contributed by atoms with Crippen molar-refractivity contribution in [3.8, 4) is 0 Å². The third-order valence-electron chi connectivity index (χ3n) is 5.66. The lowest BCUT2D eigenvalue weighted by Crippen LogP contribution is -2.46. The van der Waals surface area contributed by atoms with Crippen molar-refractivity contribution in [3.63, 3.8) is 0 Å². The second kappa shape index (κ2) is 6.09. The van der Waals surface area contributed by atoms with Gasteiger partial charge in [0.2, 0.25) is 0 Å². The third kappa shape index (κ3) is 3.02. The summed E-state index contributed by atoms with van der Waals surface area (Å²) in [4.78, 5) is 6.90. The van der Waals surface area contributed by atoms with Crippen molar-refractivity contribution in [1.82, 2.24) is 19.8 Å². The zero-order valence-corrected chi connectivity index (χ0v) is 13.8. The van der Waals surface area contributed by atoms with Crippen LogP contribution in [0.4, 0.5) is 0 Å². The first-order chi connectivity index (χ1) is 10.1. The summed E-state index contributed by atoms with van der Waals surface area (Å²) in [5.74, 6) is 0. The Labute approximate surface area is 128 Å². The highest BCUT2D eigenvalue weighted by molar-refractivity contribution is 5.09. The van der Waals surface area contributed by atoms with Gasteiger partial charge in [0.25, 0.3) is 0 Å². The molecule has 1 aliphatic carbocycles. The summed E-state index contributed by atoms with van der Waals surface area (Å²) < 4.78 is 2.42. The van der Waals surface area contributed by atoms with E-state index >= 15 is 0 Å². The molecule has 4 heteroatoms. The van der Waals surface area contributed by atoms with Gasteiger partial charge in [-0.2, -0.15) is 0 Å². The number of aromatic nitrogens is 2. The van der Waals surface area contributed by atoms with Crippen LogP contribution in [0.3, 0.4) is 0 Å². The Morgan fingerprint density at radius 2 is 2.05 bits per heavy atom. The van der Waals surface area contributed by atoms with Gasteiger partial charge in [0.15, 0.2) is 0 Å². The molecule has 2 atom stereocenters. The molecule has 0 spiro atoms. The highest BCUT2D eigenvalue weighted by atomic mass is 15.2. The molecule has 1 N–H and O–H groups in total. The van der Waals surface area contributed by atoms with Crippen LogP contribution in [0.15, 0.2) is 12.5 Å². The average molecular weight is 290 g/mol. The molecule has 1 saturated carbocycles. The molecule has 1 aliphatic heterocycles. The van der Waals surface area contributed by atoms with Crippen LogP contribution in [-0.4, -0.2) is 40.1 Å². The van der Waals surface area contributed by atoms with Gasteiger partial charge in [-0.3, -0.25) is 0 Å². The zero-order valence-electron chi connectivity index (χ0n) is 13.8. The van der Waals surface area contributed by atoms with E-state index in [-0.39, 0.29) is 0 Å². The first-order valence-electron chi connectivity index (χ1n) is 8.54. The van der Waals surface area contributed by atoms with Crippen LogP contribution < -0.4 is 5.32 Å². The van der Waals surface area contributed by atoms with Gasteiger partial charge in [0.1, 0.15) is 0 Å². The van der Waals surface area contributed by atoms with Gasteiger partial charge in [-0.05, 0) is 53.1 Å². The van der Waals surface area contributed by atoms with Crippen molar-refractivity contribution in [2.24, 2.45) is 0 Å². The fraction of sp³-hybridized carbons (Fsp3) is 0.824. The smallest absolute Gasteiger partial charge is 0.0949 e. The molecule has 0 amide bonds. The lowest BCUT2D eigenvalue weighted by Gasteiger charge is -2.38. The molecule has 3 rings (SSSR count). The molecule has 2 aliphatic rings. The summed E-state index contributed by atoms with van der Waals surface area (Å²) in [6.07, 6.45) is 13.3. The minimum absolute atomic E-state index is 0.329. The minimum atomic E-state index is 0.329. The molecule has 1 aromatic rings. The highest BCUT2D eigenvalue weighted by Crippen LogP contribution is 2.36. The van der Waals surface area contributed by atoms with E-state index in [2.05, 4.69) is 47.0 Å². The largest absolute Gasteiger partial charge is 0.331 e. The first-order valence-corrected chi connectivity index (χ1v) is 8.54. The number of hydrogen-bond acceptors (Lipinski definition) is 3. The van der Waals surface area contributed by atoms with Crippen LogP contribution >= 0.6 is 0 Å². The Morgan fingerprint density at radius 1 is 1.29 bits per heavy atom. The number of nitrogens with zero attached hydrogens (tertiary/aromatic N) is 3. The van der Waals surface area contributed by atoms with Gasteiger partial charge in [0, 0.05) is 30.4 Å². The maximum atomic E-state index is 4.46. The summed E-state index contributed by atoms with van der Waals surface area (Å²) in [7, 11) is 4.48. The standard InChI is InChI=1S/C17H30N4/c1-14-7-6-8-15(19-14)16-11-18-13-21(16)12-17(20(2)3)9-4-5-10-17/h11,13-15,19H,4-10,12H2,1-3H3. The van der Waals surface area contributed by atoms with Gasteiger partial charge in [-0.25, -0.2) is 4.98 Å². The van der Waals surface area contributed by atoms with Crippen molar-refractivity contribution in [3.05, 3.63) is 18.2 Å². The number of nitrogens with one attached hydrogen (secondary N) is 1. The molecule has 4 nitrogen and oxygen atoms in total. The molecule has 118 valence electrons. The first kappa shape index (κ1) is 15.0. The number of piperidine rings is 1. The van der Waals surface area contributed by atoms with Gasteiger partial charge in [-0.1, -0.05) is 12.8 Å². The molecule has 0 aromatic carbocycles. The number of likely N-dealkylation sites (N-methyl/N-ethyl adjacent to an activating group) is 1. The zero-order chi connectivity index (χ0) is 14.9. The average Bonchev–Trinajstić information content (AvgIpc) is 3.09. The van der Waals surface area contributed by atoms with Crippen LogP contribution in [0.1, 0.15) is 63.6 Å². The number of hydrogen-bond donors (Lipinski definition) is 1. The maximum absolute atomic E-state index is 4.46. The van der Waals surface area contributed by atoms with E-state index in [0.717, 1.165) is 6.54 Å². The molecule has 0 bridgehead atoms. The van der Waals surface area contributed by atoms with Crippen LogP contribution in [0, 0.1) is 0 Å². The highest BCUT2D eigenvalue weighted by Gasteiger charge is 2.37. The van der Waals surface area contributed by atoms with Gasteiger partial charge in [0.05, 0.1) is 12.0 Å². The Balaban J connectivity index is 1.79. The monoisotopic (exact) mass is 290 g/mol. The van der Waals surface area contributed by atoms with Crippen molar-refractivity contribution in [2.75, 3.05) is 14.1 Å². The second-order valence-electron chi connectivity index (χ2n) is 7.32. The lowest BCUT2D eigenvalue weighted by molar-refractivity contribution is 0.131. The fourth-order valence-electron chi connectivity index (χ4n) is 4.22. The van der Waals surface area contributed by atoms with Crippen molar-refractivity contribution >= 4 is 0 Å². The topological polar surface area (TPSA) is 33.1 Å². The summed E-state index contributed by atoms with van der Waals surface area (Å²) in [6, 6.07) is 1.11.